The van der Waals surface area contributed by atoms with Crippen LogP contribution in [-0.2, 0) is 6.54 Å². The first-order valence-corrected chi connectivity index (χ1v) is 5.72. The van der Waals surface area contributed by atoms with Gasteiger partial charge in [0.1, 0.15) is 0 Å². The molecule has 1 saturated carbocycles. The van der Waals surface area contributed by atoms with Gasteiger partial charge in [0.05, 0.1) is 0 Å². The van der Waals surface area contributed by atoms with Crippen molar-refractivity contribution < 1.29 is 0 Å². The van der Waals surface area contributed by atoms with Crippen LogP contribution in [0.1, 0.15) is 24.5 Å². The van der Waals surface area contributed by atoms with E-state index in [4.69, 9.17) is 5.73 Å². The molecule has 0 saturated heterocycles. The van der Waals surface area contributed by atoms with Crippen molar-refractivity contribution in [3.05, 3.63) is 29.3 Å². The van der Waals surface area contributed by atoms with Crippen LogP contribution in [0, 0.1) is 18.8 Å². The summed E-state index contributed by atoms with van der Waals surface area (Å²) < 4.78 is 0. The minimum Gasteiger partial charge on any atom is -0.399 e. The first-order valence-electron chi connectivity index (χ1n) is 5.72. The van der Waals surface area contributed by atoms with Crippen LogP contribution in [0.25, 0.3) is 0 Å². The quantitative estimate of drug-likeness (QED) is 0.739. The Balaban J connectivity index is 1.80. The molecule has 2 atom stereocenters. The zero-order valence-corrected chi connectivity index (χ0v) is 9.59. The van der Waals surface area contributed by atoms with Crippen molar-refractivity contribution in [1.29, 1.82) is 0 Å². The van der Waals surface area contributed by atoms with E-state index in [2.05, 4.69) is 30.4 Å². The van der Waals surface area contributed by atoms with Crippen molar-refractivity contribution in [3.63, 3.8) is 0 Å². The van der Waals surface area contributed by atoms with Gasteiger partial charge in [-0.25, -0.2) is 0 Å². The van der Waals surface area contributed by atoms with Crippen LogP contribution >= 0.6 is 0 Å². The van der Waals surface area contributed by atoms with Crippen LogP contribution in [-0.4, -0.2) is 6.54 Å². The predicted octanol–water partition coefficient (Wildman–Crippen LogP) is 2.32. The second-order valence-electron chi connectivity index (χ2n) is 4.79. The summed E-state index contributed by atoms with van der Waals surface area (Å²) in [5.74, 6) is 1.84. The minimum atomic E-state index is 0.897. The van der Waals surface area contributed by atoms with Crippen LogP contribution in [0.3, 0.4) is 0 Å². The summed E-state index contributed by atoms with van der Waals surface area (Å²) in [7, 11) is 0. The Morgan fingerprint density at radius 2 is 2.20 bits per heavy atom. The lowest BCUT2D eigenvalue weighted by atomic mass is 10.1. The number of nitrogens with two attached hydrogens (primary N) is 1. The summed E-state index contributed by atoms with van der Waals surface area (Å²) in [6, 6.07) is 6.31. The Morgan fingerprint density at radius 1 is 1.47 bits per heavy atom. The van der Waals surface area contributed by atoms with Crippen molar-refractivity contribution in [1.82, 2.24) is 5.32 Å². The SMILES string of the molecule is Cc1ccc(CNCC2CC2C)cc1N. The van der Waals surface area contributed by atoms with Gasteiger partial charge in [0.15, 0.2) is 0 Å². The number of anilines is 1. The van der Waals surface area contributed by atoms with Crippen molar-refractivity contribution in [3.8, 4) is 0 Å². The maximum absolute atomic E-state index is 5.86. The number of nitrogens with one attached hydrogen (secondary N) is 1. The molecule has 0 heterocycles. The molecule has 2 rings (SSSR count). The molecule has 1 aromatic carbocycles. The molecule has 2 nitrogen and oxygen atoms in total. The zero-order chi connectivity index (χ0) is 10.8. The molecular weight excluding hydrogens is 184 g/mol. The average molecular weight is 204 g/mol. The Bertz CT molecular complexity index is 346. The highest BCUT2D eigenvalue weighted by Gasteiger charge is 2.31. The lowest BCUT2D eigenvalue weighted by Gasteiger charge is -2.06. The van der Waals surface area contributed by atoms with Crippen molar-refractivity contribution in [2.24, 2.45) is 11.8 Å². The number of aryl methyl sites for hydroxylation is 1. The molecule has 0 amide bonds. The summed E-state index contributed by atoms with van der Waals surface area (Å²) >= 11 is 0. The maximum Gasteiger partial charge on any atom is 0.0346 e. The molecule has 0 radical (unpaired) electrons. The molecule has 1 aliphatic rings. The van der Waals surface area contributed by atoms with E-state index in [1.54, 1.807) is 0 Å². The van der Waals surface area contributed by atoms with E-state index in [1.807, 2.05) is 6.92 Å². The third-order valence-corrected chi connectivity index (χ3v) is 3.36. The van der Waals surface area contributed by atoms with E-state index in [9.17, 15) is 0 Å². The highest BCUT2D eigenvalue weighted by Crippen LogP contribution is 2.36. The van der Waals surface area contributed by atoms with Gasteiger partial charge in [-0.1, -0.05) is 19.1 Å². The molecule has 0 aromatic heterocycles. The van der Waals surface area contributed by atoms with Crippen molar-refractivity contribution >= 4 is 5.69 Å². The summed E-state index contributed by atoms with van der Waals surface area (Å²) in [4.78, 5) is 0. The van der Waals surface area contributed by atoms with Gasteiger partial charge in [-0.3, -0.25) is 0 Å². The van der Waals surface area contributed by atoms with E-state index in [-0.39, 0.29) is 0 Å². The Hall–Kier alpha value is -1.02. The molecule has 0 spiro atoms. The number of hydrogen-bond acceptors (Lipinski definition) is 2. The fourth-order valence-electron chi connectivity index (χ4n) is 1.89. The topological polar surface area (TPSA) is 38.0 Å². The summed E-state index contributed by atoms with van der Waals surface area (Å²) in [6.45, 7) is 6.44. The molecule has 82 valence electrons. The maximum atomic E-state index is 5.86. The van der Waals surface area contributed by atoms with Gasteiger partial charge in [0, 0.05) is 12.2 Å². The lowest BCUT2D eigenvalue weighted by Crippen LogP contribution is -2.16. The van der Waals surface area contributed by atoms with Gasteiger partial charge >= 0.3 is 0 Å². The molecule has 0 bridgehead atoms. The fourth-order valence-corrected chi connectivity index (χ4v) is 1.89. The third kappa shape index (κ3) is 2.72. The summed E-state index contributed by atoms with van der Waals surface area (Å²) in [6.07, 6.45) is 1.39. The highest BCUT2D eigenvalue weighted by atomic mass is 14.9. The summed E-state index contributed by atoms with van der Waals surface area (Å²) in [5.41, 5.74) is 9.20. The second kappa shape index (κ2) is 4.23. The van der Waals surface area contributed by atoms with Gasteiger partial charge < -0.3 is 11.1 Å². The Labute approximate surface area is 91.9 Å². The van der Waals surface area contributed by atoms with Gasteiger partial charge in [0.2, 0.25) is 0 Å². The van der Waals surface area contributed by atoms with E-state index in [0.717, 1.165) is 36.2 Å². The average Bonchev–Trinajstić information content (AvgIpc) is 2.88. The molecule has 1 fully saturated rings. The van der Waals surface area contributed by atoms with E-state index < -0.39 is 0 Å². The standard InChI is InChI=1S/C13H20N2/c1-9-3-4-11(6-13(9)14)7-15-8-12-5-10(12)2/h3-4,6,10,12,15H,5,7-8,14H2,1-2H3. The van der Waals surface area contributed by atoms with Gasteiger partial charge in [-0.2, -0.15) is 0 Å². The first-order chi connectivity index (χ1) is 7.16. The molecule has 3 N–H and O–H groups in total. The van der Waals surface area contributed by atoms with Crippen LogP contribution in [0.2, 0.25) is 0 Å². The smallest absolute Gasteiger partial charge is 0.0346 e. The van der Waals surface area contributed by atoms with Crippen LogP contribution in [0.5, 0.6) is 0 Å². The Morgan fingerprint density at radius 3 is 2.80 bits per heavy atom. The van der Waals surface area contributed by atoms with Crippen molar-refractivity contribution in [2.45, 2.75) is 26.8 Å². The van der Waals surface area contributed by atoms with Gasteiger partial charge in [-0.05, 0) is 48.9 Å². The van der Waals surface area contributed by atoms with Crippen molar-refractivity contribution in [2.75, 3.05) is 12.3 Å². The largest absolute Gasteiger partial charge is 0.399 e. The number of hydrogen-bond donors (Lipinski definition) is 2. The molecule has 1 aromatic rings. The lowest BCUT2D eigenvalue weighted by molar-refractivity contribution is 0.612. The normalized spacial score (nSPS) is 24.1. The summed E-state index contributed by atoms with van der Waals surface area (Å²) in [5, 5.41) is 3.49. The number of nitrogen functional groups attached to an aromatic ring is 1. The predicted molar refractivity (Wildman–Crippen MR) is 64.6 cm³/mol. The second-order valence-corrected chi connectivity index (χ2v) is 4.79. The monoisotopic (exact) mass is 204 g/mol. The molecule has 15 heavy (non-hydrogen) atoms. The molecule has 1 aliphatic carbocycles. The van der Waals surface area contributed by atoms with Gasteiger partial charge in [-0.15, -0.1) is 0 Å². The van der Waals surface area contributed by atoms with Crippen LogP contribution < -0.4 is 11.1 Å². The Kier molecular flexibility index (Phi) is 2.96. The first kappa shape index (κ1) is 10.5. The number of benzene rings is 1. The highest BCUT2D eigenvalue weighted by molar-refractivity contribution is 5.48. The van der Waals surface area contributed by atoms with Crippen LogP contribution in [0.15, 0.2) is 18.2 Å². The molecule has 2 heteroatoms. The van der Waals surface area contributed by atoms with E-state index >= 15 is 0 Å². The van der Waals surface area contributed by atoms with E-state index in [0.29, 0.717) is 0 Å². The molecule has 0 aliphatic heterocycles. The van der Waals surface area contributed by atoms with E-state index in [1.165, 1.54) is 12.0 Å². The molecular formula is C13H20N2. The zero-order valence-electron chi connectivity index (χ0n) is 9.59. The number of rotatable bonds is 4. The fraction of sp³-hybridized carbons (Fsp3) is 0.538. The molecule has 2 unspecified atom stereocenters. The van der Waals surface area contributed by atoms with Crippen LogP contribution in [0.4, 0.5) is 5.69 Å². The van der Waals surface area contributed by atoms with Gasteiger partial charge in [0.25, 0.3) is 0 Å². The minimum absolute atomic E-state index is 0.897. The third-order valence-electron chi connectivity index (χ3n) is 3.36.